The summed E-state index contributed by atoms with van der Waals surface area (Å²) in [5.41, 5.74) is -3.45. The number of alkyl halides is 3. The SMILES string of the molecule is COC(=O)c1ccc(Oc2ccc(C(C)C(O)(c3ccc4oc(=O)n(C)c4c3)C(F)(F)F)c(Cl)c2)nc1. The van der Waals surface area contributed by atoms with Crippen molar-refractivity contribution < 1.29 is 37.0 Å². The van der Waals surface area contributed by atoms with E-state index in [0.29, 0.717) is 0 Å². The maximum atomic E-state index is 14.4. The summed E-state index contributed by atoms with van der Waals surface area (Å²) >= 11 is 6.34. The van der Waals surface area contributed by atoms with Gasteiger partial charge in [-0.05, 0) is 41.5 Å². The molecule has 2 atom stereocenters. The number of ether oxygens (including phenoxy) is 2. The maximum absolute atomic E-state index is 14.4. The highest BCUT2D eigenvalue weighted by atomic mass is 35.5. The number of halogens is 4. The quantitative estimate of drug-likeness (QED) is 0.333. The van der Waals surface area contributed by atoms with Crippen molar-refractivity contribution in [2.75, 3.05) is 7.11 Å². The van der Waals surface area contributed by atoms with Gasteiger partial charge in [0, 0.05) is 30.3 Å². The molecule has 0 fully saturated rings. The van der Waals surface area contributed by atoms with Gasteiger partial charge in [0.05, 0.1) is 18.2 Å². The molecule has 0 saturated carbocycles. The minimum absolute atomic E-state index is 0.00372. The molecule has 4 rings (SSSR count). The number of aromatic nitrogens is 2. The zero-order valence-corrected chi connectivity index (χ0v) is 20.4. The van der Waals surface area contributed by atoms with Crippen LogP contribution in [0.3, 0.4) is 0 Å². The number of nitrogens with zero attached hydrogens (tertiary/aromatic N) is 2. The van der Waals surface area contributed by atoms with Crippen molar-refractivity contribution in [3.63, 3.8) is 0 Å². The van der Waals surface area contributed by atoms with Gasteiger partial charge in [0.25, 0.3) is 0 Å². The minimum atomic E-state index is -5.10. The van der Waals surface area contributed by atoms with Gasteiger partial charge in [-0.1, -0.05) is 30.7 Å². The normalized spacial score (nSPS) is 14.3. The average Bonchev–Trinajstić information content (AvgIpc) is 3.15. The molecule has 12 heteroatoms. The third kappa shape index (κ3) is 4.67. The Bertz CT molecular complexity index is 1530. The molecule has 0 amide bonds. The first-order valence-electron chi connectivity index (χ1n) is 10.8. The van der Waals surface area contributed by atoms with Crippen LogP contribution in [0.1, 0.15) is 34.3 Å². The van der Waals surface area contributed by atoms with E-state index in [0.717, 1.165) is 16.7 Å². The zero-order chi connectivity index (χ0) is 27.1. The Kier molecular flexibility index (Phi) is 6.78. The molecule has 0 radical (unpaired) electrons. The van der Waals surface area contributed by atoms with Crippen molar-refractivity contribution in [3.05, 3.63) is 87.0 Å². The molecule has 2 unspecified atom stereocenters. The third-order valence-corrected chi connectivity index (χ3v) is 6.44. The molecule has 8 nitrogen and oxygen atoms in total. The molecule has 0 bridgehead atoms. The molecule has 2 aromatic heterocycles. The summed E-state index contributed by atoms with van der Waals surface area (Å²) in [5, 5.41) is 11.1. The topological polar surface area (TPSA) is 104 Å². The number of fused-ring (bicyclic) bond motifs is 1. The first-order valence-corrected chi connectivity index (χ1v) is 11.2. The smallest absolute Gasteiger partial charge is 0.422 e. The Morgan fingerprint density at radius 3 is 2.49 bits per heavy atom. The predicted octanol–water partition coefficient (Wildman–Crippen LogP) is 5.31. The fourth-order valence-corrected chi connectivity index (χ4v) is 4.30. The molecule has 2 aromatic carbocycles. The van der Waals surface area contributed by atoms with Gasteiger partial charge in [0.15, 0.2) is 11.2 Å². The van der Waals surface area contributed by atoms with E-state index in [9.17, 15) is 27.9 Å². The largest absolute Gasteiger partial charge is 0.465 e. The van der Waals surface area contributed by atoms with Crippen molar-refractivity contribution >= 4 is 28.7 Å². The molecule has 194 valence electrons. The Labute approximate surface area is 212 Å². The van der Waals surface area contributed by atoms with Crippen molar-refractivity contribution in [3.8, 4) is 11.6 Å². The van der Waals surface area contributed by atoms with Crippen molar-refractivity contribution in [1.29, 1.82) is 0 Å². The second-order valence-electron chi connectivity index (χ2n) is 8.26. The van der Waals surface area contributed by atoms with Crippen LogP contribution in [0.5, 0.6) is 11.6 Å². The number of esters is 1. The van der Waals surface area contributed by atoms with Crippen LogP contribution in [0.2, 0.25) is 5.02 Å². The van der Waals surface area contributed by atoms with Crippen LogP contribution in [0.4, 0.5) is 13.2 Å². The summed E-state index contributed by atoms with van der Waals surface area (Å²) in [4.78, 5) is 27.3. The predicted molar refractivity (Wildman–Crippen MR) is 127 cm³/mol. The molecule has 2 heterocycles. The number of rotatable bonds is 6. The highest BCUT2D eigenvalue weighted by molar-refractivity contribution is 6.31. The summed E-state index contributed by atoms with van der Waals surface area (Å²) in [7, 11) is 2.58. The monoisotopic (exact) mass is 536 g/mol. The molecule has 0 saturated heterocycles. The molecule has 0 aliphatic heterocycles. The average molecular weight is 537 g/mol. The lowest BCUT2D eigenvalue weighted by atomic mass is 9.77. The molecule has 37 heavy (non-hydrogen) atoms. The number of pyridine rings is 1. The number of methoxy groups -OCH3 is 1. The molecular weight excluding hydrogens is 517 g/mol. The standard InChI is InChI=1S/C25H20ClF3N2O6/c1-13(24(34,25(27,28)29)15-5-8-20-19(10-15)31(2)23(33)37-20)17-7-6-16(11-18(17)26)36-21-9-4-14(12-30-21)22(32)35-3/h4-13,34H,1-3H3. The molecule has 1 N–H and O–H groups in total. The summed E-state index contributed by atoms with van der Waals surface area (Å²) in [5.74, 6) is -2.61. The number of benzene rings is 2. The highest BCUT2D eigenvalue weighted by Crippen LogP contribution is 2.50. The number of hydrogen-bond donors (Lipinski definition) is 1. The number of hydrogen-bond acceptors (Lipinski definition) is 7. The van der Waals surface area contributed by atoms with Crippen LogP contribution in [-0.4, -0.2) is 33.9 Å². The van der Waals surface area contributed by atoms with Crippen LogP contribution in [-0.2, 0) is 17.4 Å². The fourth-order valence-electron chi connectivity index (χ4n) is 3.97. The number of aryl methyl sites for hydroxylation is 1. The van der Waals surface area contributed by atoms with E-state index in [2.05, 4.69) is 9.72 Å². The van der Waals surface area contributed by atoms with Crippen LogP contribution in [0.25, 0.3) is 11.1 Å². The number of carbonyl (C=O) groups excluding carboxylic acids is 1. The lowest BCUT2D eigenvalue weighted by molar-refractivity contribution is -0.274. The van der Waals surface area contributed by atoms with E-state index in [-0.39, 0.29) is 38.9 Å². The van der Waals surface area contributed by atoms with E-state index in [1.807, 2.05) is 0 Å². The number of oxazole rings is 1. The lowest BCUT2D eigenvalue weighted by Crippen LogP contribution is -2.46. The van der Waals surface area contributed by atoms with Crippen LogP contribution in [0.15, 0.2) is 63.9 Å². The van der Waals surface area contributed by atoms with Crippen molar-refractivity contribution in [2.45, 2.75) is 24.6 Å². The van der Waals surface area contributed by atoms with E-state index in [1.165, 1.54) is 63.7 Å². The summed E-state index contributed by atoms with van der Waals surface area (Å²) in [6.45, 7) is 1.20. The van der Waals surface area contributed by atoms with Crippen LogP contribution < -0.4 is 10.5 Å². The van der Waals surface area contributed by atoms with Crippen molar-refractivity contribution in [2.24, 2.45) is 7.05 Å². The summed E-state index contributed by atoms with van der Waals surface area (Å²) in [6, 6.07) is 10.2. The summed E-state index contributed by atoms with van der Waals surface area (Å²) in [6.07, 6.45) is -3.86. The lowest BCUT2D eigenvalue weighted by Gasteiger charge is -2.37. The van der Waals surface area contributed by atoms with Gasteiger partial charge >= 0.3 is 17.9 Å². The van der Waals surface area contributed by atoms with Gasteiger partial charge < -0.3 is 19.0 Å². The van der Waals surface area contributed by atoms with E-state index < -0.39 is 35.0 Å². The first-order chi connectivity index (χ1) is 17.4. The second kappa shape index (κ2) is 9.56. The first kappa shape index (κ1) is 26.2. The maximum Gasteiger partial charge on any atom is 0.422 e. The molecule has 0 aliphatic carbocycles. The van der Waals surface area contributed by atoms with Gasteiger partial charge in [0.1, 0.15) is 5.75 Å². The van der Waals surface area contributed by atoms with Gasteiger partial charge in [-0.25, -0.2) is 14.6 Å². The Morgan fingerprint density at radius 2 is 1.89 bits per heavy atom. The molecule has 0 aliphatic rings. The Balaban J connectivity index is 1.68. The summed E-state index contributed by atoms with van der Waals surface area (Å²) < 4.78 is 59.4. The van der Waals surface area contributed by atoms with E-state index >= 15 is 0 Å². The molecular formula is C25H20ClF3N2O6. The molecule has 4 aromatic rings. The van der Waals surface area contributed by atoms with Gasteiger partial charge in [-0.15, -0.1) is 0 Å². The van der Waals surface area contributed by atoms with Gasteiger partial charge in [-0.2, -0.15) is 13.2 Å². The Morgan fingerprint density at radius 1 is 1.16 bits per heavy atom. The van der Waals surface area contributed by atoms with Crippen LogP contribution in [0, 0.1) is 0 Å². The molecule has 0 spiro atoms. The van der Waals surface area contributed by atoms with E-state index in [1.54, 1.807) is 0 Å². The van der Waals surface area contributed by atoms with Crippen molar-refractivity contribution in [1.82, 2.24) is 9.55 Å². The third-order valence-electron chi connectivity index (χ3n) is 6.11. The fraction of sp³-hybridized carbons (Fsp3) is 0.240. The van der Waals surface area contributed by atoms with Gasteiger partial charge in [0.2, 0.25) is 5.88 Å². The zero-order valence-electron chi connectivity index (χ0n) is 19.7. The Hall–Kier alpha value is -3.83. The number of aliphatic hydroxyl groups is 1. The highest BCUT2D eigenvalue weighted by Gasteiger charge is 2.59. The minimum Gasteiger partial charge on any atom is -0.465 e. The number of carbonyl (C=O) groups is 1. The van der Waals surface area contributed by atoms with E-state index in [4.69, 9.17) is 20.8 Å². The van der Waals surface area contributed by atoms with Crippen LogP contribution >= 0.6 is 11.6 Å². The van der Waals surface area contributed by atoms with Gasteiger partial charge in [-0.3, -0.25) is 4.57 Å². The second-order valence-corrected chi connectivity index (χ2v) is 8.66.